The zero-order chi connectivity index (χ0) is 21.2. The molecule has 1 aromatic heterocycles. The van der Waals surface area contributed by atoms with Crippen molar-refractivity contribution in [3.8, 4) is 27.8 Å². The van der Waals surface area contributed by atoms with Crippen LogP contribution < -0.4 is 14.2 Å². The number of nitrogens with zero attached hydrogens (tertiary/aromatic N) is 2. The smallest absolute Gasteiger partial charge is 0.229 e. The van der Waals surface area contributed by atoms with E-state index in [1.54, 1.807) is 18.4 Å². The molecule has 0 bridgehead atoms. The Hall–Kier alpha value is -3.06. The number of hydrogen-bond acceptors (Lipinski definition) is 6. The Bertz CT molecular complexity index is 1080. The number of ether oxygens (including phenoxy) is 3. The van der Waals surface area contributed by atoms with Crippen molar-refractivity contribution in [2.24, 2.45) is 0 Å². The van der Waals surface area contributed by atoms with Crippen molar-refractivity contribution < 1.29 is 19.0 Å². The van der Waals surface area contributed by atoms with Crippen molar-refractivity contribution in [2.75, 3.05) is 26.9 Å². The Morgan fingerprint density at radius 2 is 1.97 bits per heavy atom. The predicted molar refractivity (Wildman–Crippen MR) is 119 cm³/mol. The van der Waals surface area contributed by atoms with E-state index in [0.717, 1.165) is 58.5 Å². The van der Waals surface area contributed by atoms with Gasteiger partial charge in [-0.2, -0.15) is 0 Å². The first-order chi connectivity index (χ1) is 15.2. The SMILES string of the molecule is COc1ccc(-c2nc(CC(=O)N3CCC[C@@H]3c3ccc4c(c3)OCCO4)cs2)cc1. The minimum absolute atomic E-state index is 0.0722. The lowest BCUT2D eigenvalue weighted by molar-refractivity contribution is -0.131. The van der Waals surface area contributed by atoms with E-state index in [-0.39, 0.29) is 11.9 Å². The number of methoxy groups -OCH3 is 1. The third-order valence-corrected chi connectivity index (χ3v) is 6.69. The van der Waals surface area contributed by atoms with Crippen molar-refractivity contribution in [1.82, 2.24) is 9.88 Å². The number of rotatable bonds is 5. The molecule has 3 aromatic rings. The highest BCUT2D eigenvalue weighted by atomic mass is 32.1. The first-order valence-corrected chi connectivity index (χ1v) is 11.4. The molecule has 0 spiro atoms. The second-order valence-electron chi connectivity index (χ2n) is 7.70. The number of carbonyl (C=O) groups excluding carboxylic acids is 1. The van der Waals surface area contributed by atoms with Crippen molar-refractivity contribution in [1.29, 1.82) is 0 Å². The lowest BCUT2D eigenvalue weighted by Crippen LogP contribution is -2.32. The molecule has 160 valence electrons. The summed E-state index contributed by atoms with van der Waals surface area (Å²) in [6.45, 7) is 1.91. The Morgan fingerprint density at radius 3 is 2.77 bits per heavy atom. The summed E-state index contributed by atoms with van der Waals surface area (Å²) in [6, 6.07) is 13.9. The molecule has 6 nitrogen and oxygen atoms in total. The van der Waals surface area contributed by atoms with Crippen LogP contribution in [0.25, 0.3) is 10.6 Å². The quantitative estimate of drug-likeness (QED) is 0.590. The molecule has 31 heavy (non-hydrogen) atoms. The third kappa shape index (κ3) is 4.10. The first kappa shape index (κ1) is 19.9. The second kappa shape index (κ2) is 8.59. The van der Waals surface area contributed by atoms with E-state index < -0.39 is 0 Å². The summed E-state index contributed by atoms with van der Waals surface area (Å²) < 4.78 is 16.6. The molecule has 0 unspecified atom stereocenters. The van der Waals surface area contributed by atoms with Gasteiger partial charge in [0, 0.05) is 17.5 Å². The number of amides is 1. The van der Waals surface area contributed by atoms with Gasteiger partial charge in [0.25, 0.3) is 0 Å². The summed E-state index contributed by atoms with van der Waals surface area (Å²) in [5.74, 6) is 2.48. The second-order valence-corrected chi connectivity index (χ2v) is 8.56. The average molecular weight is 437 g/mol. The van der Waals surface area contributed by atoms with Crippen molar-refractivity contribution >= 4 is 17.2 Å². The Morgan fingerprint density at radius 1 is 1.16 bits per heavy atom. The summed E-state index contributed by atoms with van der Waals surface area (Å²) >= 11 is 1.56. The van der Waals surface area contributed by atoms with E-state index in [2.05, 4.69) is 6.07 Å². The van der Waals surface area contributed by atoms with Crippen molar-refractivity contribution in [2.45, 2.75) is 25.3 Å². The van der Waals surface area contributed by atoms with Gasteiger partial charge in [-0.1, -0.05) is 6.07 Å². The van der Waals surface area contributed by atoms with Crippen LogP contribution in [0.2, 0.25) is 0 Å². The van der Waals surface area contributed by atoms with Gasteiger partial charge < -0.3 is 19.1 Å². The van der Waals surface area contributed by atoms with E-state index >= 15 is 0 Å². The Kier molecular flexibility index (Phi) is 5.51. The molecule has 7 heteroatoms. The zero-order valence-electron chi connectivity index (χ0n) is 17.4. The third-order valence-electron chi connectivity index (χ3n) is 5.75. The highest BCUT2D eigenvalue weighted by molar-refractivity contribution is 7.13. The van der Waals surface area contributed by atoms with E-state index in [9.17, 15) is 4.79 Å². The van der Waals surface area contributed by atoms with E-state index in [1.165, 1.54) is 0 Å². The molecule has 1 atom stereocenters. The number of carbonyl (C=O) groups is 1. The summed E-state index contributed by atoms with van der Waals surface area (Å²) in [5.41, 5.74) is 2.95. The van der Waals surface area contributed by atoms with Crippen LogP contribution in [0.1, 0.15) is 30.1 Å². The Balaban J connectivity index is 1.29. The normalized spacial score (nSPS) is 17.6. The van der Waals surface area contributed by atoms with Crippen LogP contribution in [0.15, 0.2) is 47.8 Å². The number of hydrogen-bond donors (Lipinski definition) is 0. The van der Waals surface area contributed by atoms with Crippen LogP contribution in [0.3, 0.4) is 0 Å². The van der Waals surface area contributed by atoms with Crippen LogP contribution in [0, 0.1) is 0 Å². The summed E-state index contributed by atoms with van der Waals surface area (Å²) in [6.07, 6.45) is 2.27. The standard InChI is InChI=1S/C24H24N2O4S/c1-28-19-7-4-16(5-8-19)24-25-18(15-31-24)14-23(27)26-10-2-3-20(26)17-6-9-21-22(13-17)30-12-11-29-21/h4-9,13,15,20H,2-3,10-12,14H2,1H3/t20-/m1/s1. The van der Waals surface area contributed by atoms with Gasteiger partial charge in [-0.15, -0.1) is 11.3 Å². The number of likely N-dealkylation sites (tertiary alicyclic amines) is 1. The van der Waals surface area contributed by atoms with Crippen LogP contribution >= 0.6 is 11.3 Å². The summed E-state index contributed by atoms with van der Waals surface area (Å²) in [7, 11) is 1.65. The first-order valence-electron chi connectivity index (χ1n) is 10.5. The lowest BCUT2D eigenvalue weighted by atomic mass is 10.0. The monoisotopic (exact) mass is 436 g/mol. The number of thiazole rings is 1. The molecule has 0 N–H and O–H groups in total. The number of benzene rings is 2. The van der Waals surface area contributed by atoms with Gasteiger partial charge in [0.05, 0.1) is 25.3 Å². The lowest BCUT2D eigenvalue weighted by Gasteiger charge is -2.26. The van der Waals surface area contributed by atoms with E-state index in [0.29, 0.717) is 19.6 Å². The molecular weight excluding hydrogens is 412 g/mol. The molecule has 2 aliphatic heterocycles. The van der Waals surface area contributed by atoms with E-state index in [4.69, 9.17) is 19.2 Å². The largest absolute Gasteiger partial charge is 0.497 e. The van der Waals surface area contributed by atoms with Crippen LogP contribution in [-0.4, -0.2) is 42.7 Å². The highest BCUT2D eigenvalue weighted by Crippen LogP contribution is 2.38. The molecule has 1 fully saturated rings. The highest BCUT2D eigenvalue weighted by Gasteiger charge is 2.31. The fourth-order valence-corrected chi connectivity index (χ4v) is 5.02. The van der Waals surface area contributed by atoms with E-state index in [1.807, 2.05) is 46.7 Å². The maximum absolute atomic E-state index is 13.1. The summed E-state index contributed by atoms with van der Waals surface area (Å²) in [4.78, 5) is 19.8. The predicted octanol–water partition coefficient (Wildman–Crippen LogP) is 4.50. The van der Waals surface area contributed by atoms with Gasteiger partial charge in [-0.05, 0) is 54.8 Å². The molecule has 5 rings (SSSR count). The van der Waals surface area contributed by atoms with Crippen molar-refractivity contribution in [3.63, 3.8) is 0 Å². The van der Waals surface area contributed by atoms with Crippen molar-refractivity contribution in [3.05, 3.63) is 59.1 Å². The Labute approximate surface area is 185 Å². The zero-order valence-corrected chi connectivity index (χ0v) is 18.2. The molecule has 0 radical (unpaired) electrons. The fourth-order valence-electron chi connectivity index (χ4n) is 4.19. The molecular formula is C24H24N2O4S. The molecule has 1 amide bonds. The maximum atomic E-state index is 13.1. The van der Waals surface area contributed by atoms with Gasteiger partial charge in [0.15, 0.2) is 11.5 Å². The van der Waals surface area contributed by atoms with Crippen LogP contribution in [-0.2, 0) is 11.2 Å². The van der Waals surface area contributed by atoms with Gasteiger partial charge in [-0.25, -0.2) is 4.98 Å². The molecule has 2 aliphatic rings. The molecule has 0 saturated carbocycles. The number of aromatic nitrogens is 1. The van der Waals surface area contributed by atoms with Gasteiger partial charge in [-0.3, -0.25) is 4.79 Å². The summed E-state index contributed by atoms with van der Waals surface area (Å²) in [5, 5.41) is 2.89. The average Bonchev–Trinajstić information content (AvgIpc) is 3.49. The number of fused-ring (bicyclic) bond motifs is 1. The van der Waals surface area contributed by atoms with Gasteiger partial charge >= 0.3 is 0 Å². The molecule has 3 heterocycles. The molecule has 0 aliphatic carbocycles. The van der Waals surface area contributed by atoms with Gasteiger partial charge in [0.1, 0.15) is 24.0 Å². The molecule has 2 aromatic carbocycles. The van der Waals surface area contributed by atoms with Gasteiger partial charge in [0.2, 0.25) is 5.91 Å². The molecule has 1 saturated heterocycles. The topological polar surface area (TPSA) is 60.9 Å². The minimum atomic E-state index is 0.0722. The fraction of sp³-hybridized carbons (Fsp3) is 0.333. The minimum Gasteiger partial charge on any atom is -0.497 e. The van der Waals surface area contributed by atoms with Crippen LogP contribution in [0.5, 0.6) is 17.2 Å². The maximum Gasteiger partial charge on any atom is 0.229 e. The van der Waals surface area contributed by atoms with Crippen LogP contribution in [0.4, 0.5) is 0 Å².